The fourth-order valence-corrected chi connectivity index (χ4v) is 2.21. The number of methoxy groups -OCH3 is 1. The number of phenolic OH excluding ortho intramolecular Hbond substituents is 1. The average Bonchev–Trinajstić information content (AvgIpc) is 2.70. The molecule has 0 spiro atoms. The van der Waals surface area contributed by atoms with Crippen LogP contribution >= 0.6 is 0 Å². The molecule has 0 saturated heterocycles. The van der Waals surface area contributed by atoms with E-state index in [2.05, 4.69) is 4.98 Å². The van der Waals surface area contributed by atoms with Crippen molar-refractivity contribution >= 4 is 16.9 Å². The van der Waals surface area contributed by atoms with Crippen molar-refractivity contribution in [3.05, 3.63) is 29.0 Å². The largest absolute Gasteiger partial charge is 0.506 e. The van der Waals surface area contributed by atoms with E-state index in [0.29, 0.717) is 35.1 Å². The summed E-state index contributed by atoms with van der Waals surface area (Å²) in [5.41, 5.74) is 8.19. The molecule has 0 atom stereocenters. The van der Waals surface area contributed by atoms with Gasteiger partial charge in [-0.3, -0.25) is 0 Å². The molecule has 18 heavy (non-hydrogen) atoms. The van der Waals surface area contributed by atoms with E-state index in [1.54, 1.807) is 19.1 Å². The molecular formula is C13H16N2O3. The van der Waals surface area contributed by atoms with Crippen LogP contribution in [0.15, 0.2) is 12.1 Å². The van der Waals surface area contributed by atoms with Crippen molar-refractivity contribution in [2.24, 2.45) is 5.73 Å². The monoisotopic (exact) mass is 248 g/mol. The van der Waals surface area contributed by atoms with E-state index < -0.39 is 5.97 Å². The standard InChI is InChI=1S/C13H16N2O3/c1-7-10(13(17)18-2)11-8(5-6-14)3-4-9(16)12(11)15-7/h3-4,15-16H,5-6,14H2,1-2H3. The summed E-state index contributed by atoms with van der Waals surface area (Å²) in [5.74, 6) is -0.299. The van der Waals surface area contributed by atoms with Crippen LogP contribution in [0.1, 0.15) is 21.6 Å². The Kier molecular flexibility index (Phi) is 3.25. The summed E-state index contributed by atoms with van der Waals surface area (Å²) in [6.45, 7) is 2.25. The predicted octanol–water partition coefficient (Wildman–Crippen LogP) is 1.47. The van der Waals surface area contributed by atoms with Crippen LogP contribution in [0.2, 0.25) is 0 Å². The number of carbonyl (C=O) groups is 1. The van der Waals surface area contributed by atoms with Gasteiger partial charge in [-0.15, -0.1) is 0 Å². The molecule has 1 aromatic carbocycles. The molecule has 0 saturated carbocycles. The van der Waals surface area contributed by atoms with Gasteiger partial charge in [-0.05, 0) is 31.5 Å². The van der Waals surface area contributed by atoms with Crippen molar-refractivity contribution in [3.8, 4) is 5.75 Å². The molecule has 0 aliphatic carbocycles. The highest BCUT2D eigenvalue weighted by molar-refractivity contribution is 6.08. The maximum Gasteiger partial charge on any atom is 0.340 e. The average molecular weight is 248 g/mol. The van der Waals surface area contributed by atoms with Crippen molar-refractivity contribution in [3.63, 3.8) is 0 Å². The first-order chi connectivity index (χ1) is 8.60. The van der Waals surface area contributed by atoms with Gasteiger partial charge in [-0.2, -0.15) is 0 Å². The summed E-state index contributed by atoms with van der Waals surface area (Å²) in [5, 5.41) is 10.5. The van der Waals surface area contributed by atoms with E-state index >= 15 is 0 Å². The number of esters is 1. The first-order valence-corrected chi connectivity index (χ1v) is 5.71. The number of rotatable bonds is 3. The van der Waals surface area contributed by atoms with Crippen LogP contribution in [-0.4, -0.2) is 29.7 Å². The Morgan fingerprint density at radius 2 is 2.22 bits per heavy atom. The van der Waals surface area contributed by atoms with Crippen LogP contribution < -0.4 is 5.73 Å². The van der Waals surface area contributed by atoms with Crippen LogP contribution in [0, 0.1) is 6.92 Å². The number of hydrogen-bond acceptors (Lipinski definition) is 4. The molecule has 0 aliphatic heterocycles. The number of aromatic amines is 1. The van der Waals surface area contributed by atoms with Crippen LogP contribution in [0.3, 0.4) is 0 Å². The van der Waals surface area contributed by atoms with Crippen molar-refractivity contribution in [1.82, 2.24) is 4.98 Å². The van der Waals surface area contributed by atoms with Crippen molar-refractivity contribution < 1.29 is 14.6 Å². The minimum Gasteiger partial charge on any atom is -0.506 e. The van der Waals surface area contributed by atoms with Crippen LogP contribution in [0.25, 0.3) is 10.9 Å². The Hall–Kier alpha value is -2.01. The zero-order valence-electron chi connectivity index (χ0n) is 10.4. The number of ether oxygens (including phenoxy) is 1. The van der Waals surface area contributed by atoms with E-state index in [-0.39, 0.29) is 5.75 Å². The number of fused-ring (bicyclic) bond motifs is 1. The van der Waals surface area contributed by atoms with Crippen molar-refractivity contribution in [2.45, 2.75) is 13.3 Å². The molecule has 0 amide bonds. The molecule has 1 aromatic heterocycles. The van der Waals surface area contributed by atoms with Gasteiger partial charge in [0, 0.05) is 11.1 Å². The van der Waals surface area contributed by atoms with Gasteiger partial charge in [-0.25, -0.2) is 4.79 Å². The van der Waals surface area contributed by atoms with Gasteiger partial charge in [-0.1, -0.05) is 6.07 Å². The Morgan fingerprint density at radius 3 is 2.83 bits per heavy atom. The molecule has 5 heteroatoms. The first kappa shape index (κ1) is 12.4. The van der Waals surface area contributed by atoms with Crippen molar-refractivity contribution in [1.29, 1.82) is 0 Å². The van der Waals surface area contributed by atoms with Gasteiger partial charge in [0.05, 0.1) is 18.2 Å². The number of aryl methyl sites for hydroxylation is 1. The summed E-state index contributed by atoms with van der Waals surface area (Å²) in [7, 11) is 1.34. The van der Waals surface area contributed by atoms with Crippen LogP contribution in [0.5, 0.6) is 5.75 Å². The van der Waals surface area contributed by atoms with Gasteiger partial charge >= 0.3 is 5.97 Å². The lowest BCUT2D eigenvalue weighted by Gasteiger charge is -2.05. The number of H-pyrrole nitrogens is 1. The number of hydrogen-bond donors (Lipinski definition) is 3. The molecule has 1 heterocycles. The molecular weight excluding hydrogens is 232 g/mol. The van der Waals surface area contributed by atoms with Gasteiger partial charge in [0.2, 0.25) is 0 Å². The van der Waals surface area contributed by atoms with E-state index in [1.807, 2.05) is 0 Å². The smallest absolute Gasteiger partial charge is 0.340 e. The zero-order chi connectivity index (χ0) is 13.3. The summed E-state index contributed by atoms with van der Waals surface area (Å²) < 4.78 is 4.78. The molecule has 0 bridgehead atoms. The quantitative estimate of drug-likeness (QED) is 0.718. The molecule has 0 radical (unpaired) electrons. The SMILES string of the molecule is COC(=O)c1c(C)[nH]c2c(O)ccc(CCN)c12. The second kappa shape index (κ2) is 4.70. The van der Waals surface area contributed by atoms with E-state index in [0.717, 1.165) is 5.56 Å². The third kappa shape index (κ3) is 1.82. The van der Waals surface area contributed by atoms with E-state index in [1.165, 1.54) is 7.11 Å². The zero-order valence-corrected chi connectivity index (χ0v) is 10.4. The molecule has 0 unspecified atom stereocenters. The van der Waals surface area contributed by atoms with Gasteiger partial charge in [0.1, 0.15) is 5.75 Å². The molecule has 2 rings (SSSR count). The van der Waals surface area contributed by atoms with Gasteiger partial charge in [0.25, 0.3) is 0 Å². The first-order valence-electron chi connectivity index (χ1n) is 5.71. The highest BCUT2D eigenvalue weighted by Crippen LogP contribution is 2.32. The van der Waals surface area contributed by atoms with Crippen molar-refractivity contribution in [2.75, 3.05) is 13.7 Å². The number of benzene rings is 1. The maximum atomic E-state index is 11.8. The minimum absolute atomic E-state index is 0.115. The molecule has 0 fully saturated rings. The number of carbonyl (C=O) groups excluding carboxylic acids is 1. The maximum absolute atomic E-state index is 11.8. The summed E-state index contributed by atoms with van der Waals surface area (Å²) in [4.78, 5) is 14.8. The fraction of sp³-hybridized carbons (Fsp3) is 0.308. The molecule has 5 nitrogen and oxygen atoms in total. The predicted molar refractivity (Wildman–Crippen MR) is 68.8 cm³/mol. The summed E-state index contributed by atoms with van der Waals surface area (Å²) >= 11 is 0. The number of aromatic nitrogens is 1. The summed E-state index contributed by atoms with van der Waals surface area (Å²) in [6.07, 6.45) is 0.637. The Labute approximate surface area is 105 Å². The van der Waals surface area contributed by atoms with Gasteiger partial charge in [0.15, 0.2) is 0 Å². The highest BCUT2D eigenvalue weighted by Gasteiger charge is 2.20. The minimum atomic E-state index is -0.414. The number of phenols is 1. The highest BCUT2D eigenvalue weighted by atomic mass is 16.5. The lowest BCUT2D eigenvalue weighted by atomic mass is 10.0. The third-order valence-corrected chi connectivity index (χ3v) is 3.01. The topological polar surface area (TPSA) is 88.3 Å². The van der Waals surface area contributed by atoms with Gasteiger partial charge < -0.3 is 20.6 Å². The van der Waals surface area contributed by atoms with Crippen LogP contribution in [0.4, 0.5) is 0 Å². The van der Waals surface area contributed by atoms with E-state index in [4.69, 9.17) is 10.5 Å². The second-order valence-corrected chi connectivity index (χ2v) is 4.15. The Balaban J connectivity index is 2.80. The molecule has 2 aromatic rings. The Morgan fingerprint density at radius 1 is 1.50 bits per heavy atom. The number of nitrogens with two attached hydrogens (primary N) is 1. The summed E-state index contributed by atoms with van der Waals surface area (Å²) in [6, 6.07) is 3.38. The number of nitrogens with one attached hydrogen (secondary N) is 1. The second-order valence-electron chi connectivity index (χ2n) is 4.15. The molecule has 4 N–H and O–H groups in total. The van der Waals surface area contributed by atoms with E-state index in [9.17, 15) is 9.90 Å². The lowest BCUT2D eigenvalue weighted by Crippen LogP contribution is -2.06. The fourth-order valence-electron chi connectivity index (χ4n) is 2.21. The molecule has 0 aliphatic rings. The number of aromatic hydroxyl groups is 1. The third-order valence-electron chi connectivity index (χ3n) is 3.01. The Bertz CT molecular complexity index is 602. The molecule has 96 valence electrons. The lowest BCUT2D eigenvalue weighted by molar-refractivity contribution is 0.0602. The normalized spacial score (nSPS) is 10.8. The van der Waals surface area contributed by atoms with Crippen LogP contribution in [-0.2, 0) is 11.2 Å².